The molecule has 0 radical (unpaired) electrons. The van der Waals surface area contributed by atoms with E-state index < -0.39 is 0 Å². The molecule has 0 bridgehead atoms. The minimum Gasteiger partial charge on any atom is -0.497 e. The molecule has 0 aliphatic carbocycles. The van der Waals surface area contributed by atoms with Gasteiger partial charge in [-0.25, -0.2) is 4.98 Å². The van der Waals surface area contributed by atoms with Crippen LogP contribution < -0.4 is 4.74 Å². The molecule has 1 atom stereocenters. The van der Waals surface area contributed by atoms with Gasteiger partial charge in [0.05, 0.1) is 7.11 Å². The fourth-order valence-electron chi connectivity index (χ4n) is 3.48. The van der Waals surface area contributed by atoms with Crippen LogP contribution in [-0.4, -0.2) is 46.2 Å². The standard InChI is InChI=1S/C21H22N4O2/c1-27-18-9-7-17(8-10-18)21(26)25-12-11-15(14-25)13-19-22-20(24-23-19)16-5-3-2-4-6-16/h2-10,15H,11-14H2,1H3,(H,22,23,24). The number of hydrogen-bond acceptors (Lipinski definition) is 4. The first-order valence-electron chi connectivity index (χ1n) is 9.13. The smallest absolute Gasteiger partial charge is 0.253 e. The van der Waals surface area contributed by atoms with Gasteiger partial charge in [-0.15, -0.1) is 0 Å². The lowest BCUT2D eigenvalue weighted by molar-refractivity contribution is 0.0787. The van der Waals surface area contributed by atoms with Crippen LogP contribution >= 0.6 is 0 Å². The van der Waals surface area contributed by atoms with Crippen LogP contribution in [0.5, 0.6) is 5.75 Å². The third-order valence-corrected chi connectivity index (χ3v) is 4.96. The molecule has 2 heterocycles. The van der Waals surface area contributed by atoms with Crippen LogP contribution in [0.2, 0.25) is 0 Å². The number of carbonyl (C=O) groups excluding carboxylic acids is 1. The second-order valence-electron chi connectivity index (χ2n) is 6.81. The summed E-state index contributed by atoms with van der Waals surface area (Å²) >= 11 is 0. The van der Waals surface area contributed by atoms with Crippen molar-refractivity contribution in [2.24, 2.45) is 5.92 Å². The topological polar surface area (TPSA) is 71.1 Å². The first kappa shape index (κ1) is 17.3. The molecule has 0 saturated carbocycles. The summed E-state index contributed by atoms with van der Waals surface area (Å²) in [6, 6.07) is 17.2. The summed E-state index contributed by atoms with van der Waals surface area (Å²) in [5.74, 6) is 2.81. The number of benzene rings is 2. The Hall–Kier alpha value is -3.15. The van der Waals surface area contributed by atoms with Crippen LogP contribution in [0.15, 0.2) is 54.6 Å². The van der Waals surface area contributed by atoms with Crippen LogP contribution in [0, 0.1) is 5.92 Å². The van der Waals surface area contributed by atoms with E-state index in [-0.39, 0.29) is 5.91 Å². The summed E-state index contributed by atoms with van der Waals surface area (Å²) < 4.78 is 5.15. The third kappa shape index (κ3) is 3.84. The third-order valence-electron chi connectivity index (χ3n) is 4.96. The fraction of sp³-hybridized carbons (Fsp3) is 0.286. The minimum atomic E-state index is 0.0719. The molecule has 6 heteroatoms. The lowest BCUT2D eigenvalue weighted by atomic mass is 10.0. The molecule has 2 aromatic carbocycles. The lowest BCUT2D eigenvalue weighted by Crippen LogP contribution is -2.28. The highest BCUT2D eigenvalue weighted by Crippen LogP contribution is 2.23. The molecule has 1 fully saturated rings. The largest absolute Gasteiger partial charge is 0.497 e. The Morgan fingerprint density at radius 1 is 1.19 bits per heavy atom. The molecule has 138 valence electrons. The Labute approximate surface area is 158 Å². The highest BCUT2D eigenvalue weighted by molar-refractivity contribution is 5.94. The predicted molar refractivity (Wildman–Crippen MR) is 103 cm³/mol. The molecule has 0 spiro atoms. The normalized spacial score (nSPS) is 16.5. The zero-order valence-corrected chi connectivity index (χ0v) is 15.3. The molecule has 1 amide bonds. The summed E-state index contributed by atoms with van der Waals surface area (Å²) in [5.41, 5.74) is 1.70. The lowest BCUT2D eigenvalue weighted by Gasteiger charge is -2.16. The summed E-state index contributed by atoms with van der Waals surface area (Å²) in [6.45, 7) is 1.52. The molecule has 3 aromatic rings. The Morgan fingerprint density at radius 3 is 2.70 bits per heavy atom. The number of amides is 1. The van der Waals surface area contributed by atoms with Gasteiger partial charge < -0.3 is 9.64 Å². The number of nitrogens with zero attached hydrogens (tertiary/aromatic N) is 3. The van der Waals surface area contributed by atoms with Crippen molar-refractivity contribution in [3.8, 4) is 17.1 Å². The molecule has 1 N–H and O–H groups in total. The van der Waals surface area contributed by atoms with Crippen LogP contribution in [0.4, 0.5) is 0 Å². The first-order chi connectivity index (χ1) is 13.2. The van der Waals surface area contributed by atoms with Gasteiger partial charge in [0.25, 0.3) is 5.91 Å². The summed E-state index contributed by atoms with van der Waals surface area (Å²) in [4.78, 5) is 19.2. The van der Waals surface area contributed by atoms with E-state index >= 15 is 0 Å². The van der Waals surface area contributed by atoms with Crippen LogP contribution in [0.25, 0.3) is 11.4 Å². The number of aromatic amines is 1. The minimum absolute atomic E-state index is 0.0719. The van der Waals surface area contributed by atoms with Crippen molar-refractivity contribution in [3.05, 3.63) is 66.0 Å². The molecular weight excluding hydrogens is 340 g/mol. The second kappa shape index (κ2) is 7.61. The van der Waals surface area contributed by atoms with E-state index in [4.69, 9.17) is 4.74 Å². The number of H-pyrrole nitrogens is 1. The van der Waals surface area contributed by atoms with Crippen molar-refractivity contribution in [1.29, 1.82) is 0 Å². The van der Waals surface area contributed by atoms with Gasteiger partial charge in [-0.3, -0.25) is 9.89 Å². The van der Waals surface area contributed by atoms with Gasteiger partial charge >= 0.3 is 0 Å². The second-order valence-corrected chi connectivity index (χ2v) is 6.81. The molecule has 1 aliphatic heterocycles. The monoisotopic (exact) mass is 362 g/mol. The van der Waals surface area contributed by atoms with Gasteiger partial charge in [-0.05, 0) is 36.6 Å². The maximum absolute atomic E-state index is 12.7. The number of rotatable bonds is 5. The molecule has 1 unspecified atom stereocenters. The van der Waals surface area contributed by atoms with E-state index in [1.54, 1.807) is 7.11 Å². The number of aromatic nitrogens is 3. The highest BCUT2D eigenvalue weighted by atomic mass is 16.5. The highest BCUT2D eigenvalue weighted by Gasteiger charge is 2.28. The molecule has 4 rings (SSSR count). The zero-order chi connectivity index (χ0) is 18.6. The number of carbonyl (C=O) groups is 1. The van der Waals surface area contributed by atoms with E-state index in [9.17, 15) is 4.79 Å². The van der Waals surface area contributed by atoms with Crippen molar-refractivity contribution in [2.75, 3.05) is 20.2 Å². The summed E-state index contributed by atoms with van der Waals surface area (Å²) in [7, 11) is 1.62. The van der Waals surface area contributed by atoms with E-state index in [1.165, 1.54) is 0 Å². The van der Waals surface area contributed by atoms with Gasteiger partial charge in [0.2, 0.25) is 0 Å². The maximum atomic E-state index is 12.7. The van der Waals surface area contributed by atoms with Crippen LogP contribution in [0.1, 0.15) is 22.6 Å². The summed E-state index contributed by atoms with van der Waals surface area (Å²) in [5, 5.41) is 7.36. The van der Waals surface area contributed by atoms with Crippen molar-refractivity contribution in [1.82, 2.24) is 20.1 Å². The van der Waals surface area contributed by atoms with Crippen molar-refractivity contribution < 1.29 is 9.53 Å². The number of ether oxygens (including phenoxy) is 1. The van der Waals surface area contributed by atoms with Crippen LogP contribution in [-0.2, 0) is 6.42 Å². The maximum Gasteiger partial charge on any atom is 0.253 e. The van der Waals surface area contributed by atoms with Gasteiger partial charge in [-0.2, -0.15) is 5.10 Å². The average Bonchev–Trinajstić information content (AvgIpc) is 3.38. The predicted octanol–water partition coefficient (Wildman–Crippen LogP) is 3.19. The molecule has 27 heavy (non-hydrogen) atoms. The van der Waals surface area contributed by atoms with E-state index in [2.05, 4.69) is 15.2 Å². The van der Waals surface area contributed by atoms with E-state index in [0.717, 1.165) is 48.9 Å². The average molecular weight is 362 g/mol. The van der Waals surface area contributed by atoms with Crippen molar-refractivity contribution in [3.63, 3.8) is 0 Å². The Morgan fingerprint density at radius 2 is 1.96 bits per heavy atom. The molecule has 1 saturated heterocycles. The molecule has 1 aliphatic rings. The number of likely N-dealkylation sites (tertiary alicyclic amines) is 1. The van der Waals surface area contributed by atoms with Gasteiger partial charge in [0.1, 0.15) is 11.6 Å². The zero-order valence-electron chi connectivity index (χ0n) is 15.3. The SMILES string of the molecule is COc1ccc(C(=O)N2CCC(Cc3nc(-c4ccccc4)n[nH]3)C2)cc1. The van der Waals surface area contributed by atoms with E-state index in [0.29, 0.717) is 11.5 Å². The Kier molecular flexibility index (Phi) is 4.87. The Balaban J connectivity index is 1.37. The first-order valence-corrected chi connectivity index (χ1v) is 9.13. The van der Waals surface area contributed by atoms with Gasteiger partial charge in [0, 0.05) is 30.6 Å². The summed E-state index contributed by atoms with van der Waals surface area (Å²) in [6.07, 6.45) is 1.77. The molecule has 1 aromatic heterocycles. The number of methoxy groups -OCH3 is 1. The number of hydrogen-bond donors (Lipinski definition) is 1. The van der Waals surface area contributed by atoms with Gasteiger partial charge in [-0.1, -0.05) is 30.3 Å². The Bertz CT molecular complexity index is 905. The quantitative estimate of drug-likeness (QED) is 0.757. The van der Waals surface area contributed by atoms with E-state index in [1.807, 2.05) is 59.5 Å². The van der Waals surface area contributed by atoms with Crippen LogP contribution in [0.3, 0.4) is 0 Å². The van der Waals surface area contributed by atoms with Gasteiger partial charge in [0.15, 0.2) is 5.82 Å². The van der Waals surface area contributed by atoms with Crippen molar-refractivity contribution in [2.45, 2.75) is 12.8 Å². The van der Waals surface area contributed by atoms with Crippen molar-refractivity contribution >= 4 is 5.91 Å². The molecular formula is C21H22N4O2. The fourth-order valence-corrected chi connectivity index (χ4v) is 3.48. The molecule has 6 nitrogen and oxygen atoms in total. The number of nitrogens with one attached hydrogen (secondary N) is 1.